The highest BCUT2D eigenvalue weighted by Crippen LogP contribution is 2.22. The average molecular weight is 310 g/mol. The van der Waals surface area contributed by atoms with Gasteiger partial charge in [-0.1, -0.05) is 33.6 Å². The van der Waals surface area contributed by atoms with Crippen LogP contribution in [-0.4, -0.2) is 11.7 Å². The van der Waals surface area contributed by atoms with E-state index in [1.54, 1.807) is 6.07 Å². The number of ketones is 1. The Labute approximate surface area is 108 Å². The van der Waals surface area contributed by atoms with Gasteiger partial charge in [0.2, 0.25) is 0 Å². The van der Waals surface area contributed by atoms with Crippen LogP contribution in [0.1, 0.15) is 18.4 Å². The van der Waals surface area contributed by atoms with Gasteiger partial charge < -0.3 is 0 Å². The van der Waals surface area contributed by atoms with Crippen LogP contribution in [0.2, 0.25) is 5.02 Å². The molecule has 0 radical (unpaired) electrons. The van der Waals surface area contributed by atoms with E-state index in [4.69, 9.17) is 23.2 Å². The molecule has 0 atom stereocenters. The molecule has 82 valence electrons. The van der Waals surface area contributed by atoms with Crippen LogP contribution < -0.4 is 0 Å². The Hall–Kier alpha value is -0.0500. The van der Waals surface area contributed by atoms with Crippen molar-refractivity contribution < 1.29 is 4.79 Å². The lowest BCUT2D eigenvalue weighted by atomic mass is 10.1. The van der Waals surface area contributed by atoms with Crippen LogP contribution in [0.4, 0.5) is 0 Å². The van der Waals surface area contributed by atoms with Crippen LogP contribution in [0.15, 0.2) is 22.7 Å². The zero-order valence-electron chi connectivity index (χ0n) is 8.10. The van der Waals surface area contributed by atoms with E-state index in [2.05, 4.69) is 15.9 Å². The average Bonchev–Trinajstić information content (AvgIpc) is 2.19. The summed E-state index contributed by atoms with van der Waals surface area (Å²) < 4.78 is 0.921. The standard InChI is InChI=1S/C11H11BrCl2O/c12-9-4-3-8(11(14)7-9)6-10(15)2-1-5-13/h3-4,7H,1-2,5-6H2. The molecule has 0 unspecified atom stereocenters. The first kappa shape index (κ1) is 13.0. The van der Waals surface area contributed by atoms with Gasteiger partial charge in [-0.15, -0.1) is 11.6 Å². The molecule has 1 rings (SSSR count). The summed E-state index contributed by atoms with van der Waals surface area (Å²) in [5, 5.41) is 0.628. The zero-order valence-corrected chi connectivity index (χ0v) is 11.2. The molecule has 0 aliphatic rings. The lowest BCUT2D eigenvalue weighted by Gasteiger charge is -2.03. The third kappa shape index (κ3) is 4.54. The maximum absolute atomic E-state index is 11.5. The molecule has 0 aromatic heterocycles. The molecule has 4 heteroatoms. The van der Waals surface area contributed by atoms with Crippen molar-refractivity contribution in [2.45, 2.75) is 19.3 Å². The number of Topliss-reactive ketones (excluding diaryl/α,β-unsaturated/α-hetero) is 1. The minimum atomic E-state index is 0.180. The third-order valence-electron chi connectivity index (χ3n) is 1.99. The monoisotopic (exact) mass is 308 g/mol. The molecule has 0 spiro atoms. The number of benzene rings is 1. The maximum atomic E-state index is 11.5. The molecule has 0 aliphatic carbocycles. The molecule has 1 nitrogen and oxygen atoms in total. The van der Waals surface area contributed by atoms with Gasteiger partial charge in [-0.25, -0.2) is 0 Å². The van der Waals surface area contributed by atoms with Gasteiger partial charge in [0.05, 0.1) is 0 Å². The molecular formula is C11H11BrCl2O. The molecule has 0 aliphatic heterocycles. The summed E-state index contributed by atoms with van der Waals surface area (Å²) in [6, 6.07) is 5.55. The smallest absolute Gasteiger partial charge is 0.137 e. The van der Waals surface area contributed by atoms with Gasteiger partial charge in [-0.05, 0) is 24.1 Å². The number of hydrogen-bond acceptors (Lipinski definition) is 1. The van der Waals surface area contributed by atoms with Gasteiger partial charge in [-0.3, -0.25) is 4.79 Å². The van der Waals surface area contributed by atoms with Crippen molar-refractivity contribution in [3.8, 4) is 0 Å². The van der Waals surface area contributed by atoms with Gasteiger partial charge in [0.1, 0.15) is 5.78 Å². The van der Waals surface area contributed by atoms with Crippen molar-refractivity contribution in [1.29, 1.82) is 0 Å². The second-order valence-corrected chi connectivity index (χ2v) is 4.94. The van der Waals surface area contributed by atoms with E-state index < -0.39 is 0 Å². The summed E-state index contributed by atoms with van der Waals surface area (Å²) in [4.78, 5) is 11.5. The Balaban J connectivity index is 2.60. The fraction of sp³-hybridized carbons (Fsp3) is 0.364. The van der Waals surface area contributed by atoms with Crippen molar-refractivity contribution in [3.05, 3.63) is 33.3 Å². The van der Waals surface area contributed by atoms with E-state index in [-0.39, 0.29) is 5.78 Å². The quantitative estimate of drug-likeness (QED) is 0.744. The van der Waals surface area contributed by atoms with Crippen molar-refractivity contribution >= 4 is 44.9 Å². The molecule has 0 amide bonds. The van der Waals surface area contributed by atoms with Crippen molar-refractivity contribution in [1.82, 2.24) is 0 Å². The van der Waals surface area contributed by atoms with Gasteiger partial charge >= 0.3 is 0 Å². The first-order chi connectivity index (χ1) is 7.13. The molecule has 0 N–H and O–H groups in total. The van der Waals surface area contributed by atoms with E-state index in [9.17, 15) is 4.79 Å². The lowest BCUT2D eigenvalue weighted by molar-refractivity contribution is -0.118. The highest BCUT2D eigenvalue weighted by Gasteiger charge is 2.07. The molecule has 0 bridgehead atoms. The summed E-state index contributed by atoms with van der Waals surface area (Å²) >= 11 is 14.8. The Kier molecular flexibility index (Phi) is 5.65. The van der Waals surface area contributed by atoms with Crippen LogP contribution >= 0.6 is 39.1 Å². The summed E-state index contributed by atoms with van der Waals surface area (Å²) in [5.74, 6) is 0.708. The van der Waals surface area contributed by atoms with E-state index in [0.29, 0.717) is 23.7 Å². The zero-order chi connectivity index (χ0) is 11.3. The second kappa shape index (κ2) is 6.51. The van der Waals surface area contributed by atoms with Crippen LogP contribution in [0.3, 0.4) is 0 Å². The number of hydrogen-bond donors (Lipinski definition) is 0. The number of carbonyl (C=O) groups is 1. The van der Waals surface area contributed by atoms with Gasteiger partial charge in [0.15, 0.2) is 0 Å². The van der Waals surface area contributed by atoms with Crippen molar-refractivity contribution in [2.75, 3.05) is 5.88 Å². The summed E-state index contributed by atoms with van der Waals surface area (Å²) in [6.07, 6.45) is 1.65. The minimum Gasteiger partial charge on any atom is -0.299 e. The summed E-state index contributed by atoms with van der Waals surface area (Å²) in [6.45, 7) is 0. The Morgan fingerprint density at radius 1 is 1.40 bits per heavy atom. The van der Waals surface area contributed by atoms with E-state index in [0.717, 1.165) is 16.5 Å². The minimum absolute atomic E-state index is 0.180. The molecule has 0 heterocycles. The van der Waals surface area contributed by atoms with Gasteiger partial charge in [0, 0.05) is 28.2 Å². The van der Waals surface area contributed by atoms with Crippen LogP contribution in [-0.2, 0) is 11.2 Å². The van der Waals surface area contributed by atoms with Crippen LogP contribution in [0, 0.1) is 0 Å². The van der Waals surface area contributed by atoms with E-state index in [1.807, 2.05) is 12.1 Å². The third-order valence-corrected chi connectivity index (χ3v) is 3.10. The number of carbonyl (C=O) groups excluding carboxylic acids is 1. The highest BCUT2D eigenvalue weighted by atomic mass is 79.9. The topological polar surface area (TPSA) is 17.1 Å². The molecule has 15 heavy (non-hydrogen) atoms. The van der Waals surface area contributed by atoms with Crippen molar-refractivity contribution in [3.63, 3.8) is 0 Å². The van der Waals surface area contributed by atoms with Crippen LogP contribution in [0.25, 0.3) is 0 Å². The fourth-order valence-corrected chi connectivity index (χ4v) is 2.10. The fourth-order valence-electron chi connectivity index (χ4n) is 1.23. The molecule has 0 saturated heterocycles. The summed E-state index contributed by atoms with van der Waals surface area (Å²) in [5.41, 5.74) is 0.874. The number of rotatable bonds is 5. The summed E-state index contributed by atoms with van der Waals surface area (Å²) in [7, 11) is 0. The predicted molar refractivity (Wildman–Crippen MR) is 67.8 cm³/mol. The second-order valence-electron chi connectivity index (χ2n) is 3.24. The largest absolute Gasteiger partial charge is 0.299 e. The molecule has 1 aromatic rings. The molecule has 0 fully saturated rings. The Morgan fingerprint density at radius 3 is 2.73 bits per heavy atom. The van der Waals surface area contributed by atoms with Crippen molar-refractivity contribution in [2.24, 2.45) is 0 Å². The SMILES string of the molecule is O=C(CCCCl)Cc1ccc(Br)cc1Cl. The molecule has 0 saturated carbocycles. The first-order valence-electron chi connectivity index (χ1n) is 4.65. The predicted octanol–water partition coefficient (Wildman–Crippen LogP) is 4.23. The van der Waals surface area contributed by atoms with E-state index >= 15 is 0 Å². The normalized spacial score (nSPS) is 10.3. The molecule has 1 aromatic carbocycles. The Morgan fingerprint density at radius 2 is 2.13 bits per heavy atom. The van der Waals surface area contributed by atoms with Gasteiger partial charge in [0.25, 0.3) is 0 Å². The van der Waals surface area contributed by atoms with Gasteiger partial charge in [-0.2, -0.15) is 0 Å². The maximum Gasteiger partial charge on any atom is 0.137 e. The Bertz CT molecular complexity index is 352. The highest BCUT2D eigenvalue weighted by molar-refractivity contribution is 9.10. The number of halogens is 3. The molecular weight excluding hydrogens is 299 g/mol. The van der Waals surface area contributed by atoms with Crippen LogP contribution in [0.5, 0.6) is 0 Å². The van der Waals surface area contributed by atoms with E-state index in [1.165, 1.54) is 0 Å². The first-order valence-corrected chi connectivity index (χ1v) is 6.35. The number of alkyl halides is 1. The lowest BCUT2D eigenvalue weighted by Crippen LogP contribution is -2.03.